The standard InChI is InChI=1S/C10H25NO6P2.K/c1-3-5-6-10(4-2)7-11(8-18(12,13)14)9-19(15,16)17;/h10H,3-9H2,1-2H3,(H2,12,13,14)(H2,15,16,17);. The second-order valence-corrected chi connectivity index (χ2v) is 8.11. The van der Waals surface area contributed by atoms with Gasteiger partial charge in [-0.3, -0.25) is 14.0 Å². The molecular weight excluding hydrogens is 331 g/mol. The van der Waals surface area contributed by atoms with Gasteiger partial charge in [0, 0.05) is 57.9 Å². The van der Waals surface area contributed by atoms with E-state index in [0.29, 0.717) is 6.54 Å². The first kappa shape index (κ1) is 24.2. The molecule has 0 saturated heterocycles. The van der Waals surface area contributed by atoms with E-state index in [9.17, 15) is 9.13 Å². The molecule has 0 bridgehead atoms. The van der Waals surface area contributed by atoms with Crippen LogP contribution in [0.1, 0.15) is 39.5 Å². The van der Waals surface area contributed by atoms with Crippen molar-refractivity contribution in [3.63, 3.8) is 0 Å². The number of nitrogens with zero attached hydrogens (tertiary/aromatic N) is 1. The van der Waals surface area contributed by atoms with E-state index in [1.165, 1.54) is 4.90 Å². The van der Waals surface area contributed by atoms with Crippen LogP contribution in [0.5, 0.6) is 0 Å². The van der Waals surface area contributed by atoms with Crippen LogP contribution in [0.15, 0.2) is 0 Å². The normalized spacial score (nSPS) is 14.2. The molecule has 0 aliphatic heterocycles. The van der Waals surface area contributed by atoms with Crippen molar-refractivity contribution in [3.8, 4) is 0 Å². The second-order valence-electron chi connectivity index (χ2n) is 4.88. The molecule has 10 heteroatoms. The fraction of sp³-hybridized carbons (Fsp3) is 1.00. The van der Waals surface area contributed by atoms with Crippen LogP contribution < -0.4 is 0 Å². The van der Waals surface area contributed by atoms with Gasteiger partial charge in [0.05, 0.1) is 0 Å². The summed E-state index contributed by atoms with van der Waals surface area (Å²) in [7, 11) is -8.64. The van der Waals surface area contributed by atoms with Gasteiger partial charge in [0.2, 0.25) is 0 Å². The second kappa shape index (κ2) is 11.4. The zero-order valence-corrected chi connectivity index (χ0v) is 17.4. The van der Waals surface area contributed by atoms with Gasteiger partial charge in [-0.05, 0) is 12.3 Å². The first-order valence-electron chi connectivity index (χ1n) is 6.39. The fourth-order valence-electron chi connectivity index (χ4n) is 1.96. The van der Waals surface area contributed by atoms with E-state index in [-0.39, 0.29) is 57.3 Å². The van der Waals surface area contributed by atoms with Gasteiger partial charge in [-0.1, -0.05) is 33.1 Å². The van der Waals surface area contributed by atoms with Gasteiger partial charge in [0.1, 0.15) is 12.6 Å². The maximum atomic E-state index is 11.0. The van der Waals surface area contributed by atoms with Crippen molar-refractivity contribution in [2.75, 3.05) is 19.1 Å². The number of hydrogen-bond donors (Lipinski definition) is 4. The summed E-state index contributed by atoms with van der Waals surface area (Å²) in [5.74, 6) is 0.193. The van der Waals surface area contributed by atoms with E-state index in [1.807, 2.05) is 6.92 Å². The van der Waals surface area contributed by atoms with Crippen LogP contribution in [0.2, 0.25) is 0 Å². The Labute approximate surface area is 163 Å². The summed E-state index contributed by atoms with van der Waals surface area (Å²) in [6.07, 6.45) is 2.51. The van der Waals surface area contributed by atoms with Gasteiger partial charge < -0.3 is 19.6 Å². The van der Waals surface area contributed by atoms with E-state index in [4.69, 9.17) is 19.6 Å². The Morgan fingerprint density at radius 3 is 1.75 bits per heavy atom. The molecule has 0 saturated carbocycles. The summed E-state index contributed by atoms with van der Waals surface area (Å²) in [6.45, 7) is 4.32. The summed E-state index contributed by atoms with van der Waals surface area (Å²) in [5, 5.41) is 0. The van der Waals surface area contributed by atoms with E-state index < -0.39 is 27.8 Å². The average Bonchev–Trinajstić information content (AvgIpc) is 2.19. The topological polar surface area (TPSA) is 118 Å². The average molecular weight is 356 g/mol. The Balaban J connectivity index is 0. The molecule has 20 heavy (non-hydrogen) atoms. The Morgan fingerprint density at radius 2 is 1.45 bits per heavy atom. The van der Waals surface area contributed by atoms with Crippen molar-refractivity contribution in [1.29, 1.82) is 0 Å². The summed E-state index contributed by atoms with van der Waals surface area (Å²) in [4.78, 5) is 37.0. The van der Waals surface area contributed by atoms with Crippen molar-refractivity contribution < 1.29 is 28.7 Å². The number of rotatable bonds is 10. The third-order valence-electron chi connectivity index (χ3n) is 2.83. The quantitative estimate of drug-likeness (QED) is 0.345. The first-order chi connectivity index (χ1) is 8.57. The fourth-order valence-corrected chi connectivity index (χ4v) is 3.59. The van der Waals surface area contributed by atoms with Gasteiger partial charge in [0.25, 0.3) is 0 Å². The molecule has 0 heterocycles. The van der Waals surface area contributed by atoms with Crippen LogP contribution in [0.3, 0.4) is 0 Å². The van der Waals surface area contributed by atoms with Gasteiger partial charge in [-0.15, -0.1) is 0 Å². The molecule has 1 radical (unpaired) electrons. The molecule has 0 amide bonds. The summed E-state index contributed by atoms with van der Waals surface area (Å²) in [6, 6.07) is 0. The molecule has 0 aromatic heterocycles. The molecule has 0 fully saturated rings. The van der Waals surface area contributed by atoms with Crippen LogP contribution in [0, 0.1) is 5.92 Å². The first-order valence-corrected chi connectivity index (χ1v) is 9.98. The smallest absolute Gasteiger partial charge is 0.324 e. The van der Waals surface area contributed by atoms with Gasteiger partial charge in [-0.2, -0.15) is 0 Å². The molecule has 0 aliphatic carbocycles. The van der Waals surface area contributed by atoms with Crippen molar-refractivity contribution in [1.82, 2.24) is 4.90 Å². The molecule has 1 unspecified atom stereocenters. The minimum atomic E-state index is -4.32. The van der Waals surface area contributed by atoms with E-state index in [1.54, 1.807) is 0 Å². The van der Waals surface area contributed by atoms with Crippen molar-refractivity contribution in [3.05, 3.63) is 0 Å². The van der Waals surface area contributed by atoms with Crippen LogP contribution in [0.25, 0.3) is 0 Å². The monoisotopic (exact) mass is 356 g/mol. The SMILES string of the molecule is CCCCC(CC)CN(CP(=O)(O)O)CP(=O)(O)O.[K]. The van der Waals surface area contributed by atoms with Gasteiger partial charge >= 0.3 is 15.2 Å². The maximum Gasteiger partial charge on any atom is 0.339 e. The Bertz CT molecular complexity index is 321. The zero-order chi connectivity index (χ0) is 15.1. The number of unbranched alkanes of at least 4 members (excludes halogenated alkanes) is 1. The molecule has 0 aromatic carbocycles. The molecule has 117 valence electrons. The Morgan fingerprint density at radius 1 is 1.00 bits per heavy atom. The molecule has 0 spiro atoms. The van der Waals surface area contributed by atoms with Crippen LogP contribution in [-0.4, -0.2) is 95.0 Å². The van der Waals surface area contributed by atoms with Gasteiger partial charge in [0.15, 0.2) is 0 Å². The van der Waals surface area contributed by atoms with Crippen molar-refractivity contribution in [2.24, 2.45) is 5.92 Å². The molecule has 4 N–H and O–H groups in total. The zero-order valence-electron chi connectivity index (χ0n) is 12.5. The molecule has 0 aromatic rings. The number of hydrogen-bond acceptors (Lipinski definition) is 3. The largest absolute Gasteiger partial charge is 0.339 e. The molecule has 0 aliphatic rings. The van der Waals surface area contributed by atoms with E-state index in [2.05, 4.69) is 6.92 Å². The van der Waals surface area contributed by atoms with Crippen LogP contribution in [0.4, 0.5) is 0 Å². The third kappa shape index (κ3) is 14.8. The predicted molar refractivity (Wildman–Crippen MR) is 79.6 cm³/mol. The Hall–Kier alpha value is 1.90. The predicted octanol–water partition coefficient (Wildman–Crippen LogP) is 1.39. The summed E-state index contributed by atoms with van der Waals surface area (Å²) >= 11 is 0. The maximum absolute atomic E-state index is 11.0. The van der Waals surface area contributed by atoms with Crippen molar-refractivity contribution in [2.45, 2.75) is 39.5 Å². The van der Waals surface area contributed by atoms with E-state index >= 15 is 0 Å². The molecular formula is C10H25KNO6P2. The third-order valence-corrected chi connectivity index (χ3v) is 4.37. The molecule has 1 atom stereocenters. The van der Waals surface area contributed by atoms with E-state index in [0.717, 1.165) is 25.7 Å². The summed E-state index contributed by atoms with van der Waals surface area (Å²) < 4.78 is 22.0. The van der Waals surface area contributed by atoms with Crippen molar-refractivity contribution >= 4 is 66.6 Å². The van der Waals surface area contributed by atoms with Crippen LogP contribution >= 0.6 is 15.2 Å². The summed E-state index contributed by atoms with van der Waals surface area (Å²) in [5.41, 5.74) is 0. The Kier molecular flexibility index (Phi) is 13.8. The van der Waals surface area contributed by atoms with Gasteiger partial charge in [-0.25, -0.2) is 0 Å². The minimum absolute atomic E-state index is 0. The molecule has 0 rings (SSSR count). The minimum Gasteiger partial charge on any atom is -0.324 e. The molecule has 7 nitrogen and oxygen atoms in total. The van der Waals surface area contributed by atoms with Crippen LogP contribution in [-0.2, 0) is 9.13 Å².